The maximum absolute atomic E-state index is 12.2. The average molecular weight is 567 g/mol. The SMILES string of the molecule is CCC(=O)CCCC(=O)CCCCC[C@H]1CCC2(C)C(=CC[C@@H]3C2CCC2(C)C3CCC2[C@H](C)CCCC(C)C)C1. The molecule has 0 spiro atoms. The van der Waals surface area contributed by atoms with Gasteiger partial charge in [-0.3, -0.25) is 9.59 Å². The van der Waals surface area contributed by atoms with Crippen molar-refractivity contribution in [3.8, 4) is 0 Å². The van der Waals surface area contributed by atoms with Crippen molar-refractivity contribution in [3.63, 3.8) is 0 Å². The molecule has 0 radical (unpaired) electrons. The highest BCUT2D eigenvalue weighted by Crippen LogP contribution is 2.67. The third kappa shape index (κ3) is 7.78. The van der Waals surface area contributed by atoms with E-state index in [1.807, 2.05) is 12.5 Å². The number of fused-ring (bicyclic) bond motifs is 5. The lowest BCUT2D eigenvalue weighted by atomic mass is 9.46. The fourth-order valence-electron chi connectivity index (χ4n) is 10.7. The molecule has 5 unspecified atom stereocenters. The number of unbranched alkanes of at least 4 members (excludes halogenated alkanes) is 2. The highest BCUT2D eigenvalue weighted by Gasteiger charge is 2.59. The topological polar surface area (TPSA) is 34.1 Å². The van der Waals surface area contributed by atoms with Crippen molar-refractivity contribution < 1.29 is 9.59 Å². The van der Waals surface area contributed by atoms with Crippen LogP contribution in [0, 0.1) is 52.3 Å². The third-order valence-corrected chi connectivity index (χ3v) is 13.3. The molecule has 0 bridgehead atoms. The lowest BCUT2D eigenvalue weighted by Gasteiger charge is -2.58. The number of Topliss-reactive ketones (excluding diaryl/α,β-unsaturated/α-hetero) is 2. The molecule has 2 nitrogen and oxygen atoms in total. The van der Waals surface area contributed by atoms with Gasteiger partial charge in [-0.2, -0.15) is 0 Å². The number of hydrogen-bond donors (Lipinski definition) is 0. The zero-order valence-corrected chi connectivity index (χ0v) is 28.1. The summed E-state index contributed by atoms with van der Waals surface area (Å²) in [6, 6.07) is 0. The summed E-state index contributed by atoms with van der Waals surface area (Å²) in [6.07, 6.45) is 26.6. The summed E-state index contributed by atoms with van der Waals surface area (Å²) in [4.78, 5) is 23.6. The van der Waals surface area contributed by atoms with Gasteiger partial charge < -0.3 is 0 Å². The molecule has 234 valence electrons. The molecule has 0 aromatic heterocycles. The first-order chi connectivity index (χ1) is 19.6. The summed E-state index contributed by atoms with van der Waals surface area (Å²) < 4.78 is 0. The Bertz CT molecular complexity index is 899. The lowest BCUT2D eigenvalue weighted by molar-refractivity contribution is -0.120. The Hall–Kier alpha value is -0.920. The van der Waals surface area contributed by atoms with Crippen LogP contribution >= 0.6 is 0 Å². The van der Waals surface area contributed by atoms with E-state index < -0.39 is 0 Å². The van der Waals surface area contributed by atoms with Crippen LogP contribution in [0.15, 0.2) is 11.6 Å². The predicted octanol–water partition coefficient (Wildman–Crippen LogP) is 11.3. The smallest absolute Gasteiger partial charge is 0.132 e. The molecular formula is C39H66O2. The molecule has 0 amide bonds. The van der Waals surface area contributed by atoms with Crippen molar-refractivity contribution in [2.75, 3.05) is 0 Å². The molecule has 4 rings (SSSR count). The second-order valence-electron chi connectivity index (χ2n) is 16.3. The van der Waals surface area contributed by atoms with Crippen molar-refractivity contribution in [2.45, 2.75) is 170 Å². The van der Waals surface area contributed by atoms with Crippen molar-refractivity contribution in [1.82, 2.24) is 0 Å². The molecule has 8 atom stereocenters. The van der Waals surface area contributed by atoms with Crippen molar-refractivity contribution in [2.24, 2.45) is 52.3 Å². The number of ketones is 2. The standard InChI is InChI=1S/C39H66O2/c1-7-32(40)17-12-18-33(41)16-10-8-9-15-30-23-25-38(5)31(27-30)19-20-34-36-22-21-35(29(4)14-11-13-28(2)3)39(36,6)26-24-37(34)38/h19,28-30,34-37H,7-18,20-27H2,1-6H3/t29-,30+,34+,35?,36?,37?,38?,39?/m1/s1. The monoisotopic (exact) mass is 567 g/mol. The van der Waals surface area contributed by atoms with Crippen LogP contribution in [0.2, 0.25) is 0 Å². The van der Waals surface area contributed by atoms with Crippen LogP contribution in [-0.2, 0) is 9.59 Å². The van der Waals surface area contributed by atoms with E-state index >= 15 is 0 Å². The van der Waals surface area contributed by atoms with Crippen molar-refractivity contribution in [1.29, 1.82) is 0 Å². The van der Waals surface area contributed by atoms with E-state index in [-0.39, 0.29) is 5.78 Å². The molecule has 0 aliphatic heterocycles. The average Bonchev–Trinajstić information content (AvgIpc) is 3.29. The Kier molecular flexibility index (Phi) is 11.8. The Morgan fingerprint density at radius 3 is 2.34 bits per heavy atom. The Morgan fingerprint density at radius 1 is 0.829 bits per heavy atom. The van der Waals surface area contributed by atoms with E-state index in [0.29, 0.717) is 35.9 Å². The maximum atomic E-state index is 12.2. The minimum absolute atomic E-state index is 0.289. The third-order valence-electron chi connectivity index (χ3n) is 13.3. The van der Waals surface area contributed by atoms with Gasteiger partial charge in [0.05, 0.1) is 0 Å². The number of carbonyl (C=O) groups is 2. The summed E-state index contributed by atoms with van der Waals surface area (Å²) in [5.41, 5.74) is 2.89. The van der Waals surface area contributed by atoms with Gasteiger partial charge in [0.1, 0.15) is 11.6 Å². The molecule has 3 saturated carbocycles. The highest BCUT2D eigenvalue weighted by molar-refractivity contribution is 5.81. The van der Waals surface area contributed by atoms with E-state index in [0.717, 1.165) is 60.7 Å². The molecule has 0 saturated heterocycles. The quantitative estimate of drug-likeness (QED) is 0.137. The van der Waals surface area contributed by atoms with Crippen LogP contribution in [0.25, 0.3) is 0 Å². The van der Waals surface area contributed by atoms with Crippen molar-refractivity contribution in [3.05, 3.63) is 11.6 Å². The first-order valence-electron chi connectivity index (χ1n) is 18.3. The van der Waals surface area contributed by atoms with Crippen molar-refractivity contribution >= 4 is 11.6 Å². The summed E-state index contributed by atoms with van der Waals surface area (Å²) >= 11 is 0. The van der Waals surface area contributed by atoms with Gasteiger partial charge >= 0.3 is 0 Å². The van der Waals surface area contributed by atoms with E-state index in [4.69, 9.17) is 0 Å². The molecule has 2 heteroatoms. The minimum Gasteiger partial charge on any atom is -0.300 e. The van der Waals surface area contributed by atoms with Crippen LogP contribution < -0.4 is 0 Å². The van der Waals surface area contributed by atoms with Gasteiger partial charge in [-0.25, -0.2) is 0 Å². The minimum atomic E-state index is 0.289. The van der Waals surface area contributed by atoms with Crippen LogP contribution in [0.4, 0.5) is 0 Å². The van der Waals surface area contributed by atoms with E-state index in [1.54, 1.807) is 0 Å². The van der Waals surface area contributed by atoms with E-state index in [9.17, 15) is 9.59 Å². The first kappa shape index (κ1) is 33.0. The largest absolute Gasteiger partial charge is 0.300 e. The Morgan fingerprint density at radius 2 is 1.59 bits per heavy atom. The summed E-state index contributed by atoms with van der Waals surface area (Å²) in [7, 11) is 0. The second kappa shape index (κ2) is 14.7. The maximum Gasteiger partial charge on any atom is 0.132 e. The van der Waals surface area contributed by atoms with Crippen LogP contribution in [0.5, 0.6) is 0 Å². The molecule has 41 heavy (non-hydrogen) atoms. The molecule has 3 fully saturated rings. The van der Waals surface area contributed by atoms with Gasteiger partial charge in [0.2, 0.25) is 0 Å². The van der Waals surface area contributed by atoms with Gasteiger partial charge in [-0.15, -0.1) is 0 Å². The van der Waals surface area contributed by atoms with Gasteiger partial charge in [-0.1, -0.05) is 91.7 Å². The zero-order chi connectivity index (χ0) is 29.6. The van der Waals surface area contributed by atoms with Crippen LogP contribution in [0.1, 0.15) is 170 Å². The fourth-order valence-corrected chi connectivity index (χ4v) is 10.7. The molecule has 0 heterocycles. The summed E-state index contributed by atoms with van der Waals surface area (Å²) in [5.74, 6) is 7.03. The highest BCUT2D eigenvalue weighted by atomic mass is 16.1. The Balaban J connectivity index is 1.23. The van der Waals surface area contributed by atoms with Gasteiger partial charge in [0, 0.05) is 25.7 Å². The predicted molar refractivity (Wildman–Crippen MR) is 174 cm³/mol. The molecule has 0 aromatic rings. The van der Waals surface area contributed by atoms with Gasteiger partial charge in [-0.05, 0) is 116 Å². The second-order valence-corrected chi connectivity index (χ2v) is 16.3. The van der Waals surface area contributed by atoms with Gasteiger partial charge in [0.15, 0.2) is 0 Å². The molecule has 0 aromatic carbocycles. The lowest BCUT2D eigenvalue weighted by Crippen LogP contribution is -2.50. The van der Waals surface area contributed by atoms with Crippen LogP contribution in [-0.4, -0.2) is 11.6 Å². The number of rotatable bonds is 16. The van der Waals surface area contributed by atoms with E-state index in [2.05, 4.69) is 40.7 Å². The number of carbonyl (C=O) groups excluding carboxylic acids is 2. The summed E-state index contributed by atoms with van der Waals surface area (Å²) in [6.45, 7) is 14.7. The van der Waals surface area contributed by atoms with Gasteiger partial charge in [0.25, 0.3) is 0 Å². The molecule has 0 N–H and O–H groups in total. The first-order valence-corrected chi connectivity index (χ1v) is 18.3. The normalized spacial score (nSPS) is 35.4. The molecule has 4 aliphatic carbocycles. The zero-order valence-electron chi connectivity index (χ0n) is 28.1. The molecule has 4 aliphatic rings. The van der Waals surface area contributed by atoms with Crippen LogP contribution in [0.3, 0.4) is 0 Å². The summed E-state index contributed by atoms with van der Waals surface area (Å²) in [5, 5.41) is 0. The Labute approximate surface area is 254 Å². The number of hydrogen-bond acceptors (Lipinski definition) is 2. The number of allylic oxidation sites excluding steroid dienone is 2. The molecular weight excluding hydrogens is 500 g/mol. The fraction of sp³-hybridized carbons (Fsp3) is 0.897. The van der Waals surface area contributed by atoms with E-state index in [1.165, 1.54) is 89.9 Å².